The van der Waals surface area contributed by atoms with Gasteiger partial charge in [0.15, 0.2) is 9.84 Å². The molecular formula is C10H15IN2O2S. The second-order valence-corrected chi connectivity index (χ2v) is 7.94. The smallest absolute Gasteiger partial charge is 0.152 e. The van der Waals surface area contributed by atoms with Gasteiger partial charge in [-0.15, -0.1) is 0 Å². The van der Waals surface area contributed by atoms with Crippen molar-refractivity contribution in [1.29, 1.82) is 0 Å². The van der Waals surface area contributed by atoms with Gasteiger partial charge in [0.1, 0.15) is 0 Å². The van der Waals surface area contributed by atoms with E-state index in [1.807, 2.05) is 10.9 Å². The highest BCUT2D eigenvalue weighted by molar-refractivity contribution is 14.1. The predicted molar refractivity (Wildman–Crippen MR) is 71.3 cm³/mol. The van der Waals surface area contributed by atoms with E-state index in [1.165, 1.54) is 0 Å². The largest absolute Gasteiger partial charge is 0.267 e. The zero-order valence-electron chi connectivity index (χ0n) is 9.35. The molecule has 0 N–H and O–H groups in total. The summed E-state index contributed by atoms with van der Waals surface area (Å²) in [7, 11) is -2.83. The molecule has 6 heteroatoms. The van der Waals surface area contributed by atoms with Gasteiger partial charge in [-0.25, -0.2) is 8.42 Å². The lowest BCUT2D eigenvalue weighted by Gasteiger charge is -2.07. The highest BCUT2D eigenvalue weighted by Gasteiger charge is 2.30. The molecule has 16 heavy (non-hydrogen) atoms. The second-order valence-electron chi connectivity index (χ2n) is 4.55. The third-order valence-electron chi connectivity index (χ3n) is 2.84. The molecule has 2 rings (SSSR count). The van der Waals surface area contributed by atoms with E-state index in [4.69, 9.17) is 0 Å². The second kappa shape index (κ2) is 4.29. The molecule has 1 aromatic heterocycles. The Labute approximate surface area is 109 Å². The number of hydrogen-bond donors (Lipinski definition) is 0. The van der Waals surface area contributed by atoms with Crippen LogP contribution in [-0.2, 0) is 9.84 Å². The standard InChI is InChI=1S/C10H15IN2O2S/c1-7(2)10-9(11)5-13(12-10)8-3-4-16(14,15)6-8/h5,7-8H,3-4,6H2,1-2H3. The average Bonchev–Trinajstić information content (AvgIpc) is 2.69. The fourth-order valence-electron chi connectivity index (χ4n) is 1.95. The van der Waals surface area contributed by atoms with Crippen molar-refractivity contribution in [2.24, 2.45) is 0 Å². The number of nitrogens with zero attached hydrogens (tertiary/aromatic N) is 2. The van der Waals surface area contributed by atoms with Crippen molar-refractivity contribution in [1.82, 2.24) is 9.78 Å². The SMILES string of the molecule is CC(C)c1nn(C2CCS(=O)(=O)C2)cc1I. The summed E-state index contributed by atoms with van der Waals surface area (Å²) in [6.07, 6.45) is 2.65. The van der Waals surface area contributed by atoms with Crippen LogP contribution in [0.15, 0.2) is 6.20 Å². The molecule has 1 aromatic rings. The third kappa shape index (κ3) is 2.42. The number of halogens is 1. The summed E-state index contributed by atoms with van der Waals surface area (Å²) in [4.78, 5) is 0. The molecule has 0 saturated carbocycles. The Hall–Kier alpha value is -0.110. The summed E-state index contributed by atoms with van der Waals surface area (Å²) < 4.78 is 25.8. The van der Waals surface area contributed by atoms with Crippen molar-refractivity contribution in [3.8, 4) is 0 Å². The lowest BCUT2D eigenvalue weighted by atomic mass is 10.1. The van der Waals surface area contributed by atoms with E-state index in [9.17, 15) is 8.42 Å². The predicted octanol–water partition coefficient (Wildman–Crippen LogP) is 1.97. The maximum absolute atomic E-state index is 11.4. The zero-order chi connectivity index (χ0) is 11.9. The van der Waals surface area contributed by atoms with Crippen molar-refractivity contribution < 1.29 is 8.42 Å². The molecular weight excluding hydrogens is 339 g/mol. The van der Waals surface area contributed by atoms with Crippen LogP contribution in [0.1, 0.15) is 37.9 Å². The van der Waals surface area contributed by atoms with Gasteiger partial charge < -0.3 is 0 Å². The first-order valence-corrected chi connectivity index (χ1v) is 8.24. The molecule has 0 aliphatic carbocycles. The summed E-state index contributed by atoms with van der Waals surface area (Å²) in [6, 6.07) is 0.0333. The summed E-state index contributed by atoms with van der Waals surface area (Å²) in [6.45, 7) is 4.19. The molecule has 0 radical (unpaired) electrons. The van der Waals surface area contributed by atoms with Gasteiger partial charge in [0.05, 0.1) is 26.8 Å². The van der Waals surface area contributed by atoms with E-state index in [2.05, 4.69) is 41.5 Å². The molecule has 0 amide bonds. The van der Waals surface area contributed by atoms with Gasteiger partial charge in [0, 0.05) is 6.20 Å². The van der Waals surface area contributed by atoms with Crippen LogP contribution in [-0.4, -0.2) is 29.7 Å². The van der Waals surface area contributed by atoms with Gasteiger partial charge in [-0.3, -0.25) is 4.68 Å². The normalized spacial score (nSPS) is 24.1. The van der Waals surface area contributed by atoms with Crippen molar-refractivity contribution in [3.05, 3.63) is 15.5 Å². The molecule has 1 saturated heterocycles. The average molecular weight is 354 g/mol. The van der Waals surface area contributed by atoms with Crippen LogP contribution in [0.2, 0.25) is 0 Å². The molecule has 1 aliphatic rings. The summed E-state index contributed by atoms with van der Waals surface area (Å²) >= 11 is 2.26. The molecule has 2 heterocycles. The third-order valence-corrected chi connectivity index (χ3v) is 5.42. The molecule has 0 aromatic carbocycles. The molecule has 0 spiro atoms. The Morgan fingerprint density at radius 2 is 2.25 bits per heavy atom. The number of sulfone groups is 1. The topological polar surface area (TPSA) is 52.0 Å². The first kappa shape index (κ1) is 12.3. The monoisotopic (exact) mass is 354 g/mol. The Morgan fingerprint density at radius 3 is 2.69 bits per heavy atom. The fraction of sp³-hybridized carbons (Fsp3) is 0.700. The van der Waals surface area contributed by atoms with Crippen LogP contribution >= 0.6 is 22.6 Å². The van der Waals surface area contributed by atoms with Crippen LogP contribution in [0.5, 0.6) is 0 Å². The summed E-state index contributed by atoms with van der Waals surface area (Å²) in [5.41, 5.74) is 1.06. The van der Waals surface area contributed by atoms with E-state index >= 15 is 0 Å². The number of hydrogen-bond acceptors (Lipinski definition) is 3. The minimum atomic E-state index is -2.83. The van der Waals surface area contributed by atoms with Gasteiger partial charge in [-0.1, -0.05) is 13.8 Å². The van der Waals surface area contributed by atoms with E-state index in [0.29, 0.717) is 18.1 Å². The lowest BCUT2D eigenvalue weighted by Crippen LogP contribution is -2.11. The Balaban J connectivity index is 2.26. The van der Waals surface area contributed by atoms with Crippen LogP contribution in [0.3, 0.4) is 0 Å². The van der Waals surface area contributed by atoms with Crippen LogP contribution in [0, 0.1) is 3.57 Å². The molecule has 1 fully saturated rings. The van der Waals surface area contributed by atoms with Crippen molar-refractivity contribution in [3.63, 3.8) is 0 Å². The van der Waals surface area contributed by atoms with E-state index in [-0.39, 0.29) is 11.8 Å². The molecule has 4 nitrogen and oxygen atoms in total. The quantitative estimate of drug-likeness (QED) is 0.763. The van der Waals surface area contributed by atoms with Gasteiger partial charge in [-0.05, 0) is 34.9 Å². The van der Waals surface area contributed by atoms with Crippen LogP contribution < -0.4 is 0 Å². The highest BCUT2D eigenvalue weighted by atomic mass is 127. The summed E-state index contributed by atoms with van der Waals surface area (Å²) in [5.74, 6) is 0.916. The zero-order valence-corrected chi connectivity index (χ0v) is 12.3. The molecule has 1 aliphatic heterocycles. The Kier molecular flexibility index (Phi) is 3.31. The Morgan fingerprint density at radius 1 is 1.56 bits per heavy atom. The minimum Gasteiger partial charge on any atom is -0.267 e. The van der Waals surface area contributed by atoms with Crippen molar-refractivity contribution in [2.75, 3.05) is 11.5 Å². The van der Waals surface area contributed by atoms with Crippen molar-refractivity contribution >= 4 is 32.4 Å². The molecule has 1 atom stereocenters. The molecule has 90 valence electrons. The van der Waals surface area contributed by atoms with Crippen LogP contribution in [0.25, 0.3) is 0 Å². The highest BCUT2D eigenvalue weighted by Crippen LogP contribution is 2.26. The van der Waals surface area contributed by atoms with Gasteiger partial charge in [0.25, 0.3) is 0 Å². The van der Waals surface area contributed by atoms with Crippen molar-refractivity contribution in [2.45, 2.75) is 32.2 Å². The maximum atomic E-state index is 11.4. The van der Waals surface area contributed by atoms with Crippen LogP contribution in [0.4, 0.5) is 0 Å². The van der Waals surface area contributed by atoms with E-state index in [0.717, 1.165) is 9.26 Å². The maximum Gasteiger partial charge on any atom is 0.152 e. The molecule has 0 bridgehead atoms. The summed E-state index contributed by atoms with van der Waals surface area (Å²) in [5, 5.41) is 4.50. The first-order chi connectivity index (χ1) is 7.39. The van der Waals surface area contributed by atoms with E-state index < -0.39 is 9.84 Å². The number of rotatable bonds is 2. The minimum absolute atomic E-state index is 0.0333. The van der Waals surface area contributed by atoms with Gasteiger partial charge in [-0.2, -0.15) is 5.10 Å². The Bertz CT molecular complexity index is 493. The lowest BCUT2D eigenvalue weighted by molar-refractivity contribution is 0.492. The first-order valence-electron chi connectivity index (χ1n) is 5.34. The number of aromatic nitrogens is 2. The van der Waals surface area contributed by atoms with Gasteiger partial charge >= 0.3 is 0 Å². The molecule has 1 unspecified atom stereocenters. The fourth-order valence-corrected chi connectivity index (χ4v) is 4.67. The van der Waals surface area contributed by atoms with E-state index in [1.54, 1.807) is 0 Å². The van der Waals surface area contributed by atoms with Gasteiger partial charge in [0.2, 0.25) is 0 Å².